The molecule has 1 aromatic carbocycles. The van der Waals surface area contributed by atoms with E-state index < -0.39 is 0 Å². The summed E-state index contributed by atoms with van der Waals surface area (Å²) in [5.74, 6) is 0.733. The van der Waals surface area contributed by atoms with Crippen LogP contribution >= 0.6 is 0 Å². The van der Waals surface area contributed by atoms with E-state index >= 15 is 0 Å². The first-order valence-corrected chi connectivity index (χ1v) is 8.42. The second kappa shape index (κ2) is 7.65. The number of para-hydroxylation sites is 1. The summed E-state index contributed by atoms with van der Waals surface area (Å²) in [4.78, 5) is 0. The maximum atomic E-state index is 3.51. The second-order valence-electron chi connectivity index (χ2n) is 6.55. The highest BCUT2D eigenvalue weighted by atomic mass is 15.0. The molecule has 1 atom stereocenters. The highest BCUT2D eigenvalue weighted by Crippen LogP contribution is 2.24. The van der Waals surface area contributed by atoms with Crippen LogP contribution in [0.15, 0.2) is 30.5 Å². The first kappa shape index (κ1) is 16.1. The number of rotatable bonds is 8. The molecule has 0 aliphatic heterocycles. The maximum absolute atomic E-state index is 3.51. The topological polar surface area (TPSA) is 17.0 Å². The molecule has 0 aliphatic rings. The lowest BCUT2D eigenvalue weighted by Crippen LogP contribution is -2.23. The molecule has 2 nitrogen and oxygen atoms in total. The van der Waals surface area contributed by atoms with Crippen LogP contribution in [0.3, 0.4) is 0 Å². The van der Waals surface area contributed by atoms with Crippen LogP contribution in [-0.2, 0) is 13.0 Å². The van der Waals surface area contributed by atoms with E-state index in [4.69, 9.17) is 0 Å². The van der Waals surface area contributed by atoms with Gasteiger partial charge >= 0.3 is 0 Å². The van der Waals surface area contributed by atoms with Gasteiger partial charge in [-0.2, -0.15) is 0 Å². The van der Waals surface area contributed by atoms with Gasteiger partial charge < -0.3 is 9.88 Å². The van der Waals surface area contributed by atoms with Crippen LogP contribution < -0.4 is 5.32 Å². The van der Waals surface area contributed by atoms with Crippen molar-refractivity contribution in [3.63, 3.8) is 0 Å². The fourth-order valence-corrected chi connectivity index (χ4v) is 2.81. The highest BCUT2D eigenvalue weighted by Gasteiger charge is 2.09. The normalized spacial score (nSPS) is 13.2. The van der Waals surface area contributed by atoms with Crippen molar-refractivity contribution in [3.8, 4) is 0 Å². The van der Waals surface area contributed by atoms with Crippen molar-refractivity contribution in [2.45, 2.75) is 59.5 Å². The van der Waals surface area contributed by atoms with Gasteiger partial charge in [0, 0.05) is 29.7 Å². The van der Waals surface area contributed by atoms with Gasteiger partial charge in [0.1, 0.15) is 0 Å². The van der Waals surface area contributed by atoms with Crippen LogP contribution in [0, 0.1) is 5.92 Å². The molecule has 116 valence electrons. The molecule has 0 fully saturated rings. The number of nitrogens with zero attached hydrogens (tertiary/aromatic N) is 1. The monoisotopic (exact) mass is 286 g/mol. The Balaban J connectivity index is 2.12. The number of hydrogen-bond acceptors (Lipinski definition) is 1. The van der Waals surface area contributed by atoms with E-state index in [9.17, 15) is 0 Å². The molecule has 2 rings (SSSR count). The van der Waals surface area contributed by atoms with Crippen molar-refractivity contribution in [1.29, 1.82) is 0 Å². The van der Waals surface area contributed by atoms with Crippen molar-refractivity contribution >= 4 is 10.9 Å². The Bertz CT molecular complexity index is 554. The number of nitrogens with one attached hydrogen (secondary N) is 1. The summed E-state index contributed by atoms with van der Waals surface area (Å²) in [6.07, 6.45) is 5.98. The third kappa shape index (κ3) is 4.34. The molecule has 0 bridgehead atoms. The Morgan fingerprint density at radius 3 is 2.62 bits per heavy atom. The molecule has 0 amide bonds. The summed E-state index contributed by atoms with van der Waals surface area (Å²) in [5.41, 5.74) is 2.89. The number of fused-ring (bicyclic) bond motifs is 1. The molecule has 1 unspecified atom stereocenters. The van der Waals surface area contributed by atoms with Crippen molar-refractivity contribution < 1.29 is 0 Å². The molecule has 2 heteroatoms. The zero-order valence-corrected chi connectivity index (χ0v) is 14.0. The van der Waals surface area contributed by atoms with Crippen molar-refractivity contribution in [2.75, 3.05) is 6.54 Å². The smallest absolute Gasteiger partial charge is 0.0483 e. The van der Waals surface area contributed by atoms with Crippen LogP contribution in [-0.4, -0.2) is 17.2 Å². The van der Waals surface area contributed by atoms with Gasteiger partial charge in [0.15, 0.2) is 0 Å². The van der Waals surface area contributed by atoms with Crippen LogP contribution in [0.25, 0.3) is 10.9 Å². The standard InChI is InChI=1S/C19H30N2/c1-5-16(4)13-21-14-17(9-8-12-20-15(2)3)18-10-6-7-11-19(18)21/h6-7,10-11,14-16,20H,5,8-9,12-13H2,1-4H3. The van der Waals surface area contributed by atoms with Gasteiger partial charge in [-0.25, -0.2) is 0 Å². The quantitative estimate of drug-likeness (QED) is 0.701. The summed E-state index contributed by atoms with van der Waals surface area (Å²) in [6.45, 7) is 11.2. The van der Waals surface area contributed by atoms with E-state index in [1.165, 1.54) is 29.3 Å². The largest absolute Gasteiger partial charge is 0.347 e. The van der Waals surface area contributed by atoms with Crippen LogP contribution in [0.5, 0.6) is 0 Å². The van der Waals surface area contributed by atoms with Crippen molar-refractivity contribution in [1.82, 2.24) is 9.88 Å². The summed E-state index contributed by atoms with van der Waals surface area (Å²) in [5, 5.41) is 4.94. The lowest BCUT2D eigenvalue weighted by Gasteiger charge is -2.10. The summed E-state index contributed by atoms with van der Waals surface area (Å²) >= 11 is 0. The molecule has 0 saturated heterocycles. The van der Waals surface area contributed by atoms with Gasteiger partial charge in [-0.1, -0.05) is 52.3 Å². The van der Waals surface area contributed by atoms with E-state index in [1.807, 2.05) is 0 Å². The molecule has 1 heterocycles. The Hall–Kier alpha value is -1.28. The number of aromatic nitrogens is 1. The molecule has 21 heavy (non-hydrogen) atoms. The molecule has 0 spiro atoms. The minimum absolute atomic E-state index is 0.580. The van der Waals surface area contributed by atoms with Crippen LogP contribution in [0.2, 0.25) is 0 Å². The number of hydrogen-bond donors (Lipinski definition) is 1. The zero-order valence-electron chi connectivity index (χ0n) is 14.0. The van der Waals surface area contributed by atoms with E-state index in [2.05, 4.69) is 68.0 Å². The second-order valence-corrected chi connectivity index (χ2v) is 6.55. The first-order chi connectivity index (χ1) is 10.1. The van der Waals surface area contributed by atoms with E-state index in [1.54, 1.807) is 0 Å². The van der Waals surface area contributed by atoms with E-state index in [0.717, 1.165) is 25.4 Å². The van der Waals surface area contributed by atoms with Crippen LogP contribution in [0.1, 0.15) is 46.1 Å². The van der Waals surface area contributed by atoms with Crippen molar-refractivity contribution in [3.05, 3.63) is 36.0 Å². The predicted molar refractivity (Wildman–Crippen MR) is 92.9 cm³/mol. The fourth-order valence-electron chi connectivity index (χ4n) is 2.81. The Morgan fingerprint density at radius 1 is 1.14 bits per heavy atom. The Morgan fingerprint density at radius 2 is 1.90 bits per heavy atom. The molecular weight excluding hydrogens is 256 g/mol. The van der Waals surface area contributed by atoms with Gasteiger partial charge in [-0.05, 0) is 36.9 Å². The summed E-state index contributed by atoms with van der Waals surface area (Å²) in [6, 6.07) is 9.42. The van der Waals surface area contributed by atoms with E-state index in [-0.39, 0.29) is 0 Å². The van der Waals surface area contributed by atoms with Gasteiger partial charge in [-0.3, -0.25) is 0 Å². The fraction of sp³-hybridized carbons (Fsp3) is 0.579. The average molecular weight is 286 g/mol. The maximum Gasteiger partial charge on any atom is 0.0483 e. The molecule has 0 aliphatic carbocycles. The minimum Gasteiger partial charge on any atom is -0.347 e. The lowest BCUT2D eigenvalue weighted by molar-refractivity contribution is 0.477. The Labute approximate surface area is 129 Å². The Kier molecular flexibility index (Phi) is 5.86. The van der Waals surface area contributed by atoms with Gasteiger partial charge in [0.25, 0.3) is 0 Å². The molecule has 0 saturated carbocycles. The van der Waals surface area contributed by atoms with Crippen molar-refractivity contribution in [2.24, 2.45) is 5.92 Å². The highest BCUT2D eigenvalue weighted by molar-refractivity contribution is 5.84. The molecule has 1 N–H and O–H groups in total. The van der Waals surface area contributed by atoms with Gasteiger partial charge in [0.2, 0.25) is 0 Å². The third-order valence-electron chi connectivity index (χ3n) is 4.25. The lowest BCUT2D eigenvalue weighted by atomic mass is 10.1. The molecular formula is C19H30N2. The summed E-state index contributed by atoms with van der Waals surface area (Å²) in [7, 11) is 0. The SMILES string of the molecule is CCC(C)Cn1cc(CCCNC(C)C)c2ccccc21. The number of aryl methyl sites for hydroxylation is 1. The minimum atomic E-state index is 0.580. The summed E-state index contributed by atoms with van der Waals surface area (Å²) < 4.78 is 2.45. The number of benzene rings is 1. The van der Waals surface area contributed by atoms with E-state index in [0.29, 0.717) is 6.04 Å². The van der Waals surface area contributed by atoms with Gasteiger partial charge in [0.05, 0.1) is 0 Å². The van der Waals surface area contributed by atoms with Crippen LogP contribution in [0.4, 0.5) is 0 Å². The predicted octanol–water partition coefficient (Wildman–Crippen LogP) is 4.62. The average Bonchev–Trinajstić information content (AvgIpc) is 2.82. The third-order valence-corrected chi connectivity index (χ3v) is 4.25. The first-order valence-electron chi connectivity index (χ1n) is 8.42. The molecule has 1 aromatic heterocycles. The zero-order chi connectivity index (χ0) is 15.2. The molecule has 0 radical (unpaired) electrons. The molecule has 2 aromatic rings. The van der Waals surface area contributed by atoms with Gasteiger partial charge in [-0.15, -0.1) is 0 Å².